The highest BCUT2D eigenvalue weighted by Gasteiger charge is 2.38. The monoisotopic (exact) mass is 443 g/mol. The number of nitrogens with zero attached hydrogens (tertiary/aromatic N) is 2. The first-order valence-electron chi connectivity index (χ1n) is 11.0. The molecule has 3 aromatic rings. The molecule has 2 aromatic carbocycles. The number of H-pyrrole nitrogens is 1. The van der Waals surface area contributed by atoms with Crippen LogP contribution in [-0.2, 0) is 11.2 Å². The number of nitrogens with one attached hydrogen (secondary N) is 3. The summed E-state index contributed by atoms with van der Waals surface area (Å²) in [6.07, 6.45) is 2.32. The van der Waals surface area contributed by atoms with Crippen LogP contribution < -0.4 is 15.4 Å². The molecule has 3 N–H and O–H groups in total. The average molecular weight is 443 g/mol. The summed E-state index contributed by atoms with van der Waals surface area (Å²) in [4.78, 5) is 39.9. The van der Waals surface area contributed by atoms with Gasteiger partial charge >= 0.3 is 0 Å². The number of ether oxygens (including phenoxy) is 1. The molecule has 3 aliphatic heterocycles. The second-order valence-electron chi connectivity index (χ2n) is 8.45. The van der Waals surface area contributed by atoms with Crippen molar-refractivity contribution in [1.82, 2.24) is 15.1 Å². The number of rotatable bonds is 3. The van der Waals surface area contributed by atoms with Gasteiger partial charge in [0, 0.05) is 24.2 Å². The highest BCUT2D eigenvalue weighted by atomic mass is 16.5. The van der Waals surface area contributed by atoms with E-state index in [0.29, 0.717) is 47.9 Å². The van der Waals surface area contributed by atoms with Crippen LogP contribution in [0.3, 0.4) is 0 Å². The van der Waals surface area contributed by atoms with Crippen molar-refractivity contribution in [3.05, 3.63) is 59.3 Å². The van der Waals surface area contributed by atoms with Crippen molar-refractivity contribution in [1.29, 1.82) is 0 Å². The van der Waals surface area contributed by atoms with Gasteiger partial charge in [-0.2, -0.15) is 5.10 Å². The average Bonchev–Trinajstić information content (AvgIpc) is 3.58. The topological polar surface area (TPSA) is 116 Å². The Balaban J connectivity index is 1.23. The third kappa shape index (κ3) is 3.32. The molecule has 0 radical (unpaired) electrons. The van der Waals surface area contributed by atoms with E-state index in [9.17, 15) is 14.4 Å². The molecule has 6 rings (SSSR count). The lowest BCUT2D eigenvalue weighted by Gasteiger charge is -2.20. The van der Waals surface area contributed by atoms with Gasteiger partial charge in [0.05, 0.1) is 23.6 Å². The van der Waals surface area contributed by atoms with Crippen LogP contribution in [0.1, 0.15) is 39.3 Å². The van der Waals surface area contributed by atoms with Crippen LogP contribution in [0.2, 0.25) is 0 Å². The van der Waals surface area contributed by atoms with E-state index in [2.05, 4.69) is 20.8 Å². The number of aromatic amines is 1. The Morgan fingerprint density at radius 1 is 1.15 bits per heavy atom. The Morgan fingerprint density at radius 3 is 2.97 bits per heavy atom. The fourth-order valence-electron chi connectivity index (χ4n) is 4.69. The van der Waals surface area contributed by atoms with Crippen LogP contribution in [0.15, 0.2) is 42.5 Å². The second-order valence-corrected chi connectivity index (χ2v) is 8.45. The number of aromatic nitrogens is 2. The van der Waals surface area contributed by atoms with Crippen LogP contribution in [-0.4, -0.2) is 52.0 Å². The number of fused-ring (bicyclic) bond motifs is 3. The summed E-state index contributed by atoms with van der Waals surface area (Å²) in [7, 11) is 0. The fraction of sp³-hybridized carbons (Fsp3) is 0.250. The molecule has 1 unspecified atom stereocenters. The Bertz CT molecular complexity index is 1310. The van der Waals surface area contributed by atoms with Gasteiger partial charge in [-0.05, 0) is 60.9 Å². The summed E-state index contributed by atoms with van der Waals surface area (Å²) in [5, 5.41) is 12.7. The maximum Gasteiger partial charge on any atom is 0.273 e. The van der Waals surface area contributed by atoms with Gasteiger partial charge in [0.1, 0.15) is 17.5 Å². The Hall–Kier alpha value is -4.14. The molecule has 0 aliphatic carbocycles. The first-order chi connectivity index (χ1) is 16.1. The second kappa shape index (κ2) is 7.47. The third-order valence-electron chi connectivity index (χ3n) is 6.39. The molecule has 1 atom stereocenters. The summed E-state index contributed by atoms with van der Waals surface area (Å²) in [5.41, 5.74) is 4.29. The summed E-state index contributed by atoms with van der Waals surface area (Å²) in [6.45, 7) is 1.23. The minimum absolute atomic E-state index is 0.167. The summed E-state index contributed by atoms with van der Waals surface area (Å²) in [5.74, 6) is 0.148. The molecule has 3 aliphatic rings. The largest absolute Gasteiger partial charge is 0.493 e. The van der Waals surface area contributed by atoms with Crippen molar-refractivity contribution >= 4 is 29.1 Å². The van der Waals surface area contributed by atoms with E-state index in [1.54, 1.807) is 29.2 Å². The molecule has 9 heteroatoms. The highest BCUT2D eigenvalue weighted by molar-refractivity contribution is 6.11. The van der Waals surface area contributed by atoms with E-state index in [1.165, 1.54) is 0 Å². The minimum atomic E-state index is -0.433. The standard InChI is InChI=1S/C24H21N5O4/c30-22(19-12-18(27-28-19)13-3-6-21-14(10-13)7-9-33-21)25-15-4-5-17-16(11-15)24(32)29-8-1-2-20(29)23(31)26-17/h3-6,10-12,20H,1-2,7-9H2,(H,25,30)(H,26,31)(H,27,28). The van der Waals surface area contributed by atoms with Gasteiger partial charge < -0.3 is 20.3 Å². The van der Waals surface area contributed by atoms with Gasteiger partial charge in [-0.25, -0.2) is 0 Å². The lowest BCUT2D eigenvalue weighted by atomic mass is 10.1. The van der Waals surface area contributed by atoms with E-state index < -0.39 is 6.04 Å². The SMILES string of the molecule is O=C(Nc1ccc2c(c1)C(=O)N1CCCC1C(=O)N2)c1cc(-c2ccc3c(c2)CCO3)n[nH]1. The molecule has 33 heavy (non-hydrogen) atoms. The smallest absolute Gasteiger partial charge is 0.273 e. The number of carbonyl (C=O) groups is 3. The van der Waals surface area contributed by atoms with Crippen LogP contribution >= 0.6 is 0 Å². The van der Waals surface area contributed by atoms with Crippen molar-refractivity contribution in [3.63, 3.8) is 0 Å². The molecule has 4 heterocycles. The molecular weight excluding hydrogens is 422 g/mol. The van der Waals surface area contributed by atoms with E-state index in [4.69, 9.17) is 4.74 Å². The molecule has 1 aromatic heterocycles. The normalized spacial score (nSPS) is 18.7. The molecule has 1 fully saturated rings. The Morgan fingerprint density at radius 2 is 2.06 bits per heavy atom. The predicted octanol–water partition coefficient (Wildman–Crippen LogP) is 2.82. The molecule has 3 amide bonds. The summed E-state index contributed by atoms with van der Waals surface area (Å²) < 4.78 is 5.54. The van der Waals surface area contributed by atoms with Gasteiger partial charge in [0.25, 0.3) is 11.8 Å². The van der Waals surface area contributed by atoms with Crippen molar-refractivity contribution in [3.8, 4) is 17.0 Å². The third-order valence-corrected chi connectivity index (χ3v) is 6.39. The zero-order valence-corrected chi connectivity index (χ0v) is 17.7. The lowest BCUT2D eigenvalue weighted by Crippen LogP contribution is -2.40. The maximum absolute atomic E-state index is 13.0. The number of hydrogen-bond donors (Lipinski definition) is 3. The first kappa shape index (κ1) is 19.5. The number of hydrogen-bond acceptors (Lipinski definition) is 5. The zero-order valence-electron chi connectivity index (χ0n) is 17.7. The van der Waals surface area contributed by atoms with E-state index in [-0.39, 0.29) is 17.7 Å². The number of anilines is 2. The minimum Gasteiger partial charge on any atom is -0.493 e. The Kier molecular flexibility index (Phi) is 4.42. The molecule has 0 saturated carbocycles. The van der Waals surface area contributed by atoms with Gasteiger partial charge in [0.2, 0.25) is 5.91 Å². The van der Waals surface area contributed by atoms with Crippen LogP contribution in [0.25, 0.3) is 11.3 Å². The van der Waals surface area contributed by atoms with E-state index >= 15 is 0 Å². The molecular formula is C24H21N5O4. The van der Waals surface area contributed by atoms with Gasteiger partial charge in [-0.1, -0.05) is 0 Å². The van der Waals surface area contributed by atoms with Crippen molar-refractivity contribution < 1.29 is 19.1 Å². The molecule has 0 spiro atoms. The first-order valence-corrected chi connectivity index (χ1v) is 11.0. The predicted molar refractivity (Wildman–Crippen MR) is 120 cm³/mol. The summed E-state index contributed by atoms with van der Waals surface area (Å²) >= 11 is 0. The fourth-order valence-corrected chi connectivity index (χ4v) is 4.69. The lowest BCUT2D eigenvalue weighted by molar-refractivity contribution is -0.119. The van der Waals surface area contributed by atoms with E-state index in [0.717, 1.165) is 29.7 Å². The van der Waals surface area contributed by atoms with Crippen LogP contribution in [0, 0.1) is 0 Å². The highest BCUT2D eigenvalue weighted by Crippen LogP contribution is 2.32. The molecule has 0 bridgehead atoms. The van der Waals surface area contributed by atoms with Gasteiger partial charge in [0.15, 0.2) is 0 Å². The molecule has 1 saturated heterocycles. The van der Waals surface area contributed by atoms with Gasteiger partial charge in [-0.3, -0.25) is 19.5 Å². The number of carbonyl (C=O) groups excluding carboxylic acids is 3. The molecule has 9 nitrogen and oxygen atoms in total. The van der Waals surface area contributed by atoms with Crippen LogP contribution in [0.5, 0.6) is 5.75 Å². The molecule has 166 valence electrons. The van der Waals surface area contributed by atoms with Crippen molar-refractivity contribution in [2.75, 3.05) is 23.8 Å². The van der Waals surface area contributed by atoms with Crippen molar-refractivity contribution in [2.45, 2.75) is 25.3 Å². The zero-order chi connectivity index (χ0) is 22.5. The van der Waals surface area contributed by atoms with Crippen molar-refractivity contribution in [2.24, 2.45) is 0 Å². The Labute approximate surface area is 189 Å². The van der Waals surface area contributed by atoms with E-state index in [1.807, 2.05) is 18.2 Å². The quantitative estimate of drug-likeness (QED) is 0.576. The van der Waals surface area contributed by atoms with Gasteiger partial charge in [-0.15, -0.1) is 0 Å². The van der Waals surface area contributed by atoms with Crippen LogP contribution in [0.4, 0.5) is 11.4 Å². The number of benzene rings is 2. The summed E-state index contributed by atoms with van der Waals surface area (Å²) in [6, 6.07) is 12.0. The number of amides is 3. The maximum atomic E-state index is 13.0.